The molecule has 0 atom stereocenters. The van der Waals surface area contributed by atoms with Gasteiger partial charge in [-0.2, -0.15) is 4.31 Å². The number of sulfonamides is 1. The van der Waals surface area contributed by atoms with Crippen molar-refractivity contribution in [3.63, 3.8) is 0 Å². The number of benzene rings is 1. The normalized spacial score (nSPS) is 11.7. The van der Waals surface area contributed by atoms with E-state index in [-0.39, 0.29) is 11.4 Å². The topological polar surface area (TPSA) is 92.3 Å². The molecule has 136 valence electrons. The van der Waals surface area contributed by atoms with E-state index in [1.54, 1.807) is 0 Å². The average molecular weight is 386 g/mol. The maximum absolute atomic E-state index is 12.9. The highest BCUT2D eigenvalue weighted by Crippen LogP contribution is 2.18. The smallest absolute Gasteiger partial charge is 0.243 e. The predicted octanol–water partition coefficient (Wildman–Crippen LogP) is 2.28. The number of aromatic nitrogens is 2. The van der Waals surface area contributed by atoms with E-state index >= 15 is 0 Å². The number of carbonyl (C=O) groups is 1. The molecule has 0 radical (unpaired) electrons. The van der Waals surface area contributed by atoms with Gasteiger partial charge in [0, 0.05) is 13.5 Å². The zero-order valence-electron chi connectivity index (χ0n) is 13.9. The fourth-order valence-corrected chi connectivity index (χ4v) is 3.89. The Bertz CT molecular complexity index is 822. The van der Waals surface area contributed by atoms with E-state index in [9.17, 15) is 17.6 Å². The number of hydrogen-bond acceptors (Lipinski definition) is 6. The van der Waals surface area contributed by atoms with Crippen molar-refractivity contribution in [2.24, 2.45) is 0 Å². The van der Waals surface area contributed by atoms with Crippen LogP contribution in [0.25, 0.3) is 0 Å². The number of nitrogens with one attached hydrogen (secondary N) is 1. The molecule has 0 saturated carbocycles. The average Bonchev–Trinajstić information content (AvgIpc) is 3.00. The van der Waals surface area contributed by atoms with Crippen molar-refractivity contribution in [1.82, 2.24) is 14.5 Å². The number of halogens is 1. The second-order valence-electron chi connectivity index (χ2n) is 5.37. The van der Waals surface area contributed by atoms with Crippen molar-refractivity contribution in [2.45, 2.75) is 31.1 Å². The van der Waals surface area contributed by atoms with Gasteiger partial charge in [-0.25, -0.2) is 12.8 Å². The largest absolute Gasteiger partial charge is 0.299 e. The fraction of sp³-hybridized carbons (Fsp3) is 0.400. The number of likely N-dealkylation sites (N-methyl/N-ethyl adjacent to an activating group) is 1. The first-order valence-electron chi connectivity index (χ1n) is 7.67. The Kier molecular flexibility index (Phi) is 6.57. The highest BCUT2D eigenvalue weighted by atomic mass is 32.2. The van der Waals surface area contributed by atoms with E-state index in [0.717, 1.165) is 52.8 Å². The van der Waals surface area contributed by atoms with Crippen LogP contribution in [-0.4, -0.2) is 42.4 Å². The molecule has 1 heterocycles. The van der Waals surface area contributed by atoms with E-state index in [1.165, 1.54) is 18.4 Å². The van der Waals surface area contributed by atoms with Crippen LogP contribution in [0.4, 0.5) is 9.52 Å². The van der Waals surface area contributed by atoms with Gasteiger partial charge in [-0.05, 0) is 30.7 Å². The molecule has 0 aliphatic carbocycles. The van der Waals surface area contributed by atoms with Crippen LogP contribution in [0.5, 0.6) is 0 Å². The second kappa shape index (κ2) is 8.45. The Balaban J connectivity index is 1.97. The Morgan fingerprint density at radius 2 is 1.96 bits per heavy atom. The molecule has 1 amide bonds. The monoisotopic (exact) mass is 386 g/mol. The highest BCUT2D eigenvalue weighted by Gasteiger charge is 2.23. The maximum atomic E-state index is 12.9. The van der Waals surface area contributed by atoms with Crippen LogP contribution < -0.4 is 5.32 Å². The number of anilines is 1. The third kappa shape index (κ3) is 5.28. The van der Waals surface area contributed by atoms with Gasteiger partial charge in [0.15, 0.2) is 0 Å². The molecule has 2 rings (SSSR count). The van der Waals surface area contributed by atoms with Crippen LogP contribution in [0.1, 0.15) is 24.8 Å². The highest BCUT2D eigenvalue weighted by molar-refractivity contribution is 7.89. The van der Waals surface area contributed by atoms with Crippen molar-refractivity contribution in [2.75, 3.05) is 18.9 Å². The van der Waals surface area contributed by atoms with Crippen molar-refractivity contribution in [3.05, 3.63) is 35.1 Å². The maximum Gasteiger partial charge on any atom is 0.243 e. The van der Waals surface area contributed by atoms with Crippen LogP contribution in [0.3, 0.4) is 0 Å². The first-order chi connectivity index (χ1) is 11.8. The summed E-state index contributed by atoms with van der Waals surface area (Å²) >= 11 is 1.27. The van der Waals surface area contributed by atoms with Crippen molar-refractivity contribution in [1.29, 1.82) is 0 Å². The summed E-state index contributed by atoms with van der Waals surface area (Å²) in [5, 5.41) is 11.6. The lowest BCUT2D eigenvalue weighted by atomic mass is 10.3. The standard InChI is InChI=1S/C15H19FN4O3S2/c1-3-4-5-14-18-19-15(24-14)17-13(21)10-20(2)25(22,23)12-8-6-11(16)7-9-12/h6-9H,3-5,10H2,1-2H3,(H,17,19,21). The molecule has 0 unspecified atom stereocenters. The summed E-state index contributed by atoms with van der Waals surface area (Å²) in [6.07, 6.45) is 2.82. The quantitative estimate of drug-likeness (QED) is 0.751. The fourth-order valence-electron chi connectivity index (χ4n) is 1.97. The SMILES string of the molecule is CCCCc1nnc(NC(=O)CN(C)S(=O)(=O)c2ccc(F)cc2)s1. The summed E-state index contributed by atoms with van der Waals surface area (Å²) < 4.78 is 38.5. The Morgan fingerprint density at radius 3 is 2.60 bits per heavy atom. The molecular formula is C15H19FN4O3S2. The number of unbranched alkanes of at least 4 members (excludes halogenated alkanes) is 1. The summed E-state index contributed by atoms with van der Waals surface area (Å²) in [7, 11) is -2.59. The van der Waals surface area contributed by atoms with Gasteiger partial charge in [-0.15, -0.1) is 10.2 Å². The molecule has 2 aromatic rings. The Morgan fingerprint density at radius 1 is 1.28 bits per heavy atom. The summed E-state index contributed by atoms with van der Waals surface area (Å²) in [6, 6.07) is 4.42. The number of nitrogens with zero attached hydrogens (tertiary/aromatic N) is 3. The minimum atomic E-state index is -3.88. The van der Waals surface area contributed by atoms with E-state index in [4.69, 9.17) is 0 Å². The molecular weight excluding hydrogens is 367 g/mol. The minimum absolute atomic E-state index is 0.0815. The molecule has 0 spiro atoms. The third-order valence-electron chi connectivity index (χ3n) is 3.35. The Labute approximate surface area is 149 Å². The Hall–Kier alpha value is -1.91. The number of carbonyl (C=O) groups excluding carboxylic acids is 1. The molecule has 7 nitrogen and oxygen atoms in total. The third-order valence-corrected chi connectivity index (χ3v) is 6.06. The van der Waals surface area contributed by atoms with Gasteiger partial charge in [0.1, 0.15) is 10.8 Å². The molecule has 1 N–H and O–H groups in total. The molecule has 1 aromatic carbocycles. The lowest BCUT2D eigenvalue weighted by Gasteiger charge is -2.16. The van der Waals surface area contributed by atoms with Gasteiger partial charge in [0.2, 0.25) is 21.1 Å². The molecule has 0 aliphatic rings. The van der Waals surface area contributed by atoms with Crippen LogP contribution in [-0.2, 0) is 21.2 Å². The molecule has 0 fully saturated rings. The first-order valence-corrected chi connectivity index (χ1v) is 9.92. The van der Waals surface area contributed by atoms with Crippen molar-refractivity contribution >= 4 is 32.4 Å². The van der Waals surface area contributed by atoms with Crippen LogP contribution in [0.2, 0.25) is 0 Å². The van der Waals surface area contributed by atoms with Gasteiger partial charge in [0.05, 0.1) is 11.4 Å². The summed E-state index contributed by atoms with van der Waals surface area (Å²) in [6.45, 7) is 1.69. The molecule has 0 aliphatic heterocycles. The number of rotatable bonds is 8. The van der Waals surface area contributed by atoms with Crippen LogP contribution in [0, 0.1) is 5.82 Å². The molecule has 0 saturated heterocycles. The van der Waals surface area contributed by atoms with Gasteiger partial charge >= 0.3 is 0 Å². The van der Waals surface area contributed by atoms with Crippen molar-refractivity contribution < 1.29 is 17.6 Å². The van der Waals surface area contributed by atoms with E-state index in [2.05, 4.69) is 22.4 Å². The van der Waals surface area contributed by atoms with E-state index < -0.39 is 21.7 Å². The van der Waals surface area contributed by atoms with Gasteiger partial charge in [-0.1, -0.05) is 24.7 Å². The number of hydrogen-bond donors (Lipinski definition) is 1. The van der Waals surface area contributed by atoms with E-state index in [0.29, 0.717) is 5.13 Å². The molecule has 1 aromatic heterocycles. The van der Waals surface area contributed by atoms with Gasteiger partial charge in [-0.3, -0.25) is 10.1 Å². The van der Waals surface area contributed by atoms with Crippen molar-refractivity contribution in [3.8, 4) is 0 Å². The van der Waals surface area contributed by atoms with Crippen LogP contribution >= 0.6 is 11.3 Å². The predicted molar refractivity (Wildman–Crippen MR) is 93.4 cm³/mol. The zero-order valence-corrected chi connectivity index (χ0v) is 15.5. The van der Waals surface area contributed by atoms with Gasteiger partial charge in [0.25, 0.3) is 0 Å². The molecule has 10 heteroatoms. The number of amides is 1. The summed E-state index contributed by atoms with van der Waals surface area (Å²) in [4.78, 5) is 12.0. The zero-order chi connectivity index (χ0) is 18.4. The summed E-state index contributed by atoms with van der Waals surface area (Å²) in [5.41, 5.74) is 0. The van der Waals surface area contributed by atoms with Gasteiger partial charge < -0.3 is 0 Å². The second-order valence-corrected chi connectivity index (χ2v) is 8.47. The minimum Gasteiger partial charge on any atom is -0.299 e. The molecule has 0 bridgehead atoms. The first kappa shape index (κ1) is 19.4. The lowest BCUT2D eigenvalue weighted by molar-refractivity contribution is -0.116. The number of aryl methyl sites for hydroxylation is 1. The molecule has 25 heavy (non-hydrogen) atoms. The van der Waals surface area contributed by atoms with Crippen LogP contribution in [0.15, 0.2) is 29.2 Å². The van der Waals surface area contributed by atoms with E-state index in [1.807, 2.05) is 0 Å². The lowest BCUT2D eigenvalue weighted by Crippen LogP contribution is -2.34. The summed E-state index contributed by atoms with van der Waals surface area (Å²) in [5.74, 6) is -1.05.